The minimum Gasteiger partial charge on any atom is -0.351 e. The molecule has 0 aliphatic carbocycles. The number of hydrogen-bond acceptors (Lipinski definition) is 4. The van der Waals surface area contributed by atoms with Crippen molar-refractivity contribution in [2.75, 3.05) is 39.8 Å². The molecule has 1 unspecified atom stereocenters. The molecular formula is C14H30N4O. The normalized spacial score (nSPS) is 20.9. The van der Waals surface area contributed by atoms with E-state index < -0.39 is 0 Å². The van der Waals surface area contributed by atoms with Gasteiger partial charge in [-0.25, -0.2) is 0 Å². The van der Waals surface area contributed by atoms with Gasteiger partial charge in [-0.15, -0.1) is 0 Å². The molecule has 1 aliphatic heterocycles. The van der Waals surface area contributed by atoms with E-state index in [1.807, 2.05) is 20.8 Å². The van der Waals surface area contributed by atoms with E-state index in [4.69, 9.17) is 5.73 Å². The molecule has 19 heavy (non-hydrogen) atoms. The minimum absolute atomic E-state index is 0.0977. The third kappa shape index (κ3) is 6.36. The third-order valence-corrected chi connectivity index (χ3v) is 3.48. The Morgan fingerprint density at radius 1 is 1.26 bits per heavy atom. The highest BCUT2D eigenvalue weighted by Crippen LogP contribution is 2.09. The molecule has 1 heterocycles. The first-order valence-electron chi connectivity index (χ1n) is 7.25. The number of nitrogens with zero attached hydrogens (tertiary/aromatic N) is 2. The Hall–Kier alpha value is -0.650. The summed E-state index contributed by atoms with van der Waals surface area (Å²) >= 11 is 0. The van der Waals surface area contributed by atoms with Crippen LogP contribution < -0.4 is 11.1 Å². The first kappa shape index (κ1) is 16.4. The van der Waals surface area contributed by atoms with Crippen LogP contribution in [0.25, 0.3) is 0 Å². The summed E-state index contributed by atoms with van der Waals surface area (Å²) in [5, 5.41) is 3.02. The molecule has 1 rings (SSSR count). The van der Waals surface area contributed by atoms with Crippen LogP contribution in [0.1, 0.15) is 33.6 Å². The summed E-state index contributed by atoms with van der Waals surface area (Å²) in [5.74, 6) is 0.0977. The second-order valence-corrected chi connectivity index (χ2v) is 6.58. The fourth-order valence-corrected chi connectivity index (χ4v) is 2.48. The van der Waals surface area contributed by atoms with Crippen LogP contribution in [0.15, 0.2) is 0 Å². The number of carbonyl (C=O) groups excluding carboxylic acids is 1. The van der Waals surface area contributed by atoms with E-state index in [2.05, 4.69) is 22.2 Å². The molecule has 1 fully saturated rings. The zero-order valence-corrected chi connectivity index (χ0v) is 12.9. The van der Waals surface area contributed by atoms with Crippen LogP contribution in [0.4, 0.5) is 0 Å². The Kier molecular flexibility index (Phi) is 6.23. The van der Waals surface area contributed by atoms with Crippen molar-refractivity contribution in [1.82, 2.24) is 15.1 Å². The van der Waals surface area contributed by atoms with E-state index in [9.17, 15) is 4.79 Å². The molecule has 1 atom stereocenters. The Morgan fingerprint density at radius 3 is 2.53 bits per heavy atom. The van der Waals surface area contributed by atoms with Crippen molar-refractivity contribution in [3.63, 3.8) is 0 Å². The van der Waals surface area contributed by atoms with Crippen LogP contribution in [-0.2, 0) is 4.79 Å². The number of nitrogens with one attached hydrogen (secondary N) is 1. The summed E-state index contributed by atoms with van der Waals surface area (Å²) in [4.78, 5) is 16.7. The van der Waals surface area contributed by atoms with Gasteiger partial charge in [-0.05, 0) is 47.3 Å². The van der Waals surface area contributed by atoms with E-state index >= 15 is 0 Å². The Bertz CT molecular complexity index is 288. The lowest BCUT2D eigenvalue weighted by atomic mass is 10.1. The van der Waals surface area contributed by atoms with Crippen LogP contribution in [-0.4, -0.2) is 67.1 Å². The second kappa shape index (κ2) is 7.22. The van der Waals surface area contributed by atoms with Crippen LogP contribution in [0.3, 0.4) is 0 Å². The molecule has 5 nitrogen and oxygen atoms in total. The summed E-state index contributed by atoms with van der Waals surface area (Å²) in [6.07, 6.45) is 1.64. The summed E-state index contributed by atoms with van der Waals surface area (Å²) in [5.41, 5.74) is 5.69. The van der Waals surface area contributed by atoms with Crippen molar-refractivity contribution in [2.24, 2.45) is 5.73 Å². The van der Waals surface area contributed by atoms with Crippen molar-refractivity contribution in [2.45, 2.75) is 45.2 Å². The quantitative estimate of drug-likeness (QED) is 0.769. The van der Waals surface area contributed by atoms with Crippen molar-refractivity contribution in [3.8, 4) is 0 Å². The molecule has 0 aromatic carbocycles. The lowest BCUT2D eigenvalue weighted by molar-refractivity contribution is -0.123. The van der Waals surface area contributed by atoms with Gasteiger partial charge in [0.15, 0.2) is 0 Å². The van der Waals surface area contributed by atoms with E-state index in [0.29, 0.717) is 13.0 Å². The summed E-state index contributed by atoms with van der Waals surface area (Å²) in [7, 11) is 2.15. The summed E-state index contributed by atoms with van der Waals surface area (Å²) < 4.78 is 0. The Balaban J connectivity index is 2.50. The summed E-state index contributed by atoms with van der Waals surface area (Å²) in [6, 6.07) is 0.161. The topological polar surface area (TPSA) is 61.6 Å². The SMILES string of the molecule is CN1CCCN(C(CN)CC(=O)NC(C)(C)C)CC1. The lowest BCUT2D eigenvalue weighted by Crippen LogP contribution is -2.48. The first-order valence-corrected chi connectivity index (χ1v) is 7.25. The van der Waals surface area contributed by atoms with Gasteiger partial charge in [0, 0.05) is 37.6 Å². The molecule has 0 aromatic rings. The maximum absolute atomic E-state index is 12.0. The number of nitrogens with two attached hydrogens (primary N) is 1. The smallest absolute Gasteiger partial charge is 0.222 e. The molecule has 1 amide bonds. The molecule has 1 aliphatic rings. The minimum atomic E-state index is -0.171. The van der Waals surface area contributed by atoms with Gasteiger partial charge in [-0.1, -0.05) is 0 Å². The van der Waals surface area contributed by atoms with Crippen LogP contribution in [0.5, 0.6) is 0 Å². The fourth-order valence-electron chi connectivity index (χ4n) is 2.48. The van der Waals surface area contributed by atoms with Gasteiger partial charge in [0.2, 0.25) is 5.91 Å². The number of likely N-dealkylation sites (N-methyl/N-ethyl adjacent to an activating group) is 1. The van der Waals surface area contributed by atoms with Gasteiger partial charge in [0.25, 0.3) is 0 Å². The second-order valence-electron chi connectivity index (χ2n) is 6.58. The van der Waals surface area contributed by atoms with Crippen LogP contribution in [0.2, 0.25) is 0 Å². The predicted molar refractivity (Wildman–Crippen MR) is 79.0 cm³/mol. The molecular weight excluding hydrogens is 240 g/mol. The molecule has 112 valence electrons. The molecule has 0 bridgehead atoms. The van der Waals surface area contributed by atoms with Gasteiger partial charge in [-0.3, -0.25) is 9.69 Å². The monoisotopic (exact) mass is 270 g/mol. The van der Waals surface area contributed by atoms with Crippen molar-refractivity contribution in [3.05, 3.63) is 0 Å². The highest BCUT2D eigenvalue weighted by molar-refractivity contribution is 5.77. The molecule has 0 radical (unpaired) electrons. The lowest BCUT2D eigenvalue weighted by Gasteiger charge is -2.30. The average Bonchev–Trinajstić information content (AvgIpc) is 2.48. The van der Waals surface area contributed by atoms with Gasteiger partial charge in [-0.2, -0.15) is 0 Å². The summed E-state index contributed by atoms with van der Waals surface area (Å²) in [6.45, 7) is 10.8. The zero-order chi connectivity index (χ0) is 14.5. The van der Waals surface area contributed by atoms with Gasteiger partial charge >= 0.3 is 0 Å². The Morgan fingerprint density at radius 2 is 1.95 bits per heavy atom. The average molecular weight is 270 g/mol. The molecule has 3 N–H and O–H groups in total. The Labute approximate surface area is 117 Å². The molecule has 5 heteroatoms. The molecule has 0 saturated carbocycles. The number of carbonyl (C=O) groups is 1. The van der Waals surface area contributed by atoms with E-state index in [0.717, 1.165) is 32.6 Å². The maximum Gasteiger partial charge on any atom is 0.222 e. The number of amides is 1. The molecule has 0 spiro atoms. The van der Waals surface area contributed by atoms with Gasteiger partial charge in [0.1, 0.15) is 0 Å². The number of rotatable bonds is 4. The standard InChI is InChI=1S/C14H30N4O/c1-14(2,3)16-13(19)10-12(11-15)18-7-5-6-17(4)8-9-18/h12H,5-11,15H2,1-4H3,(H,16,19). The predicted octanol–water partition coefficient (Wildman–Crippen LogP) is 0.256. The van der Waals surface area contributed by atoms with E-state index in [-0.39, 0.29) is 17.5 Å². The van der Waals surface area contributed by atoms with Crippen molar-refractivity contribution >= 4 is 5.91 Å². The first-order chi connectivity index (χ1) is 8.81. The van der Waals surface area contributed by atoms with E-state index in [1.165, 1.54) is 0 Å². The molecule has 1 saturated heterocycles. The van der Waals surface area contributed by atoms with Crippen molar-refractivity contribution < 1.29 is 4.79 Å². The molecule has 0 aromatic heterocycles. The number of hydrogen-bond donors (Lipinski definition) is 2. The van der Waals surface area contributed by atoms with Crippen molar-refractivity contribution in [1.29, 1.82) is 0 Å². The largest absolute Gasteiger partial charge is 0.351 e. The third-order valence-electron chi connectivity index (χ3n) is 3.48. The maximum atomic E-state index is 12.0. The van der Waals surface area contributed by atoms with Gasteiger partial charge in [0.05, 0.1) is 0 Å². The van der Waals surface area contributed by atoms with Crippen LogP contribution >= 0.6 is 0 Å². The zero-order valence-electron chi connectivity index (χ0n) is 12.9. The highest BCUT2D eigenvalue weighted by Gasteiger charge is 2.23. The fraction of sp³-hybridized carbons (Fsp3) is 0.929. The van der Waals surface area contributed by atoms with E-state index in [1.54, 1.807) is 0 Å². The highest BCUT2D eigenvalue weighted by atomic mass is 16.1. The van der Waals surface area contributed by atoms with Gasteiger partial charge < -0.3 is 16.0 Å². The van der Waals surface area contributed by atoms with Crippen LogP contribution in [0, 0.1) is 0 Å².